The number of likely N-dealkylation sites (tertiary alicyclic amines) is 1. The van der Waals surface area contributed by atoms with Gasteiger partial charge in [-0.05, 0) is 80.5 Å². The number of ketones is 1. The molecule has 0 bridgehead atoms. The highest BCUT2D eigenvalue weighted by Gasteiger charge is 2.85. The lowest BCUT2D eigenvalue weighted by atomic mass is 9.73. The Morgan fingerprint density at radius 1 is 0.868 bits per heavy atom. The largest absolute Gasteiger partial charge is 0.378 e. The summed E-state index contributed by atoms with van der Waals surface area (Å²) in [7, 11) is 0. The number of nitrogens with one attached hydrogen (secondary N) is 3. The highest BCUT2D eigenvalue weighted by Crippen LogP contribution is 2.88. The molecule has 53 heavy (non-hydrogen) atoms. The van der Waals surface area contributed by atoms with Crippen LogP contribution in [0.5, 0.6) is 0 Å². The second kappa shape index (κ2) is 14.7. The van der Waals surface area contributed by atoms with Crippen molar-refractivity contribution >= 4 is 29.5 Å². The van der Waals surface area contributed by atoms with Gasteiger partial charge in [0.05, 0.1) is 19.3 Å². The van der Waals surface area contributed by atoms with Crippen LogP contribution >= 0.6 is 0 Å². The number of ether oxygens (including phenoxy) is 1. The van der Waals surface area contributed by atoms with E-state index in [1.54, 1.807) is 4.90 Å². The van der Waals surface area contributed by atoms with E-state index < -0.39 is 41.1 Å². The molecule has 2 heterocycles. The smallest absolute Gasteiger partial charge is 0.315 e. The zero-order valence-corrected chi connectivity index (χ0v) is 33.6. The summed E-state index contributed by atoms with van der Waals surface area (Å²) in [6.07, 6.45) is 12.7. The van der Waals surface area contributed by atoms with Gasteiger partial charge in [0.25, 0.3) is 5.91 Å². The van der Waals surface area contributed by atoms with Gasteiger partial charge in [-0.2, -0.15) is 0 Å². The zero-order valence-electron chi connectivity index (χ0n) is 33.6. The van der Waals surface area contributed by atoms with Crippen LogP contribution in [0.25, 0.3) is 0 Å². The molecule has 0 aromatic carbocycles. The first kappa shape index (κ1) is 39.9. The average molecular weight is 741 g/mol. The maximum atomic E-state index is 15.0. The van der Waals surface area contributed by atoms with Gasteiger partial charge in [0.15, 0.2) is 0 Å². The second-order valence-corrected chi connectivity index (χ2v) is 19.9. The number of morpholine rings is 1. The monoisotopic (exact) mass is 741 g/mol. The molecule has 5 atom stereocenters. The van der Waals surface area contributed by atoms with Crippen molar-refractivity contribution in [1.82, 2.24) is 25.8 Å². The number of hydrogen-bond acceptors (Lipinski definition) is 7. The van der Waals surface area contributed by atoms with Crippen LogP contribution in [-0.2, 0) is 23.9 Å². The number of carbonyl (C=O) groups is 5. The van der Waals surface area contributed by atoms with Crippen LogP contribution in [0.2, 0.25) is 0 Å². The van der Waals surface area contributed by atoms with E-state index >= 15 is 0 Å². The van der Waals surface area contributed by atoms with E-state index in [2.05, 4.69) is 48.5 Å². The van der Waals surface area contributed by atoms with Crippen molar-refractivity contribution in [1.29, 1.82) is 0 Å². The summed E-state index contributed by atoms with van der Waals surface area (Å²) in [5.74, 6) is -1.98. The summed E-state index contributed by atoms with van der Waals surface area (Å²) in [5.41, 5.74) is 4.38. The summed E-state index contributed by atoms with van der Waals surface area (Å²) < 4.78 is 5.79. The van der Waals surface area contributed by atoms with Crippen LogP contribution in [0, 0.1) is 33.5 Å². The number of primary amides is 1. The van der Waals surface area contributed by atoms with E-state index in [0.29, 0.717) is 45.1 Å². The van der Waals surface area contributed by atoms with Gasteiger partial charge < -0.3 is 31.3 Å². The summed E-state index contributed by atoms with van der Waals surface area (Å²) in [6, 6.07) is -3.21. The Kier molecular flexibility index (Phi) is 11.1. The normalized spacial score (nSPS) is 29.7. The predicted octanol–water partition coefficient (Wildman–Crippen LogP) is 4.29. The van der Waals surface area contributed by atoms with E-state index in [-0.39, 0.29) is 45.7 Å². The molecule has 5 N–H and O–H groups in total. The summed E-state index contributed by atoms with van der Waals surface area (Å²) in [5, 5.41) is 9.37. The topological polar surface area (TPSA) is 163 Å². The van der Waals surface area contributed by atoms with Gasteiger partial charge in [0, 0.05) is 36.6 Å². The maximum absolute atomic E-state index is 15.0. The summed E-state index contributed by atoms with van der Waals surface area (Å²) in [4.78, 5) is 72.6. The van der Waals surface area contributed by atoms with Crippen molar-refractivity contribution in [2.45, 2.75) is 162 Å². The summed E-state index contributed by atoms with van der Waals surface area (Å²) >= 11 is 0. The Bertz CT molecular complexity index is 1430. The second-order valence-electron chi connectivity index (χ2n) is 19.9. The molecule has 12 heteroatoms. The molecule has 2 aliphatic heterocycles. The molecule has 4 saturated carbocycles. The minimum absolute atomic E-state index is 0.0600. The van der Waals surface area contributed by atoms with E-state index in [0.717, 1.165) is 70.8 Å². The number of hydrogen-bond donors (Lipinski definition) is 4. The number of urea groups is 1. The van der Waals surface area contributed by atoms with Crippen molar-refractivity contribution in [2.75, 3.05) is 32.8 Å². The van der Waals surface area contributed by atoms with Crippen molar-refractivity contribution in [3.05, 3.63) is 0 Å². The van der Waals surface area contributed by atoms with Gasteiger partial charge in [-0.3, -0.25) is 24.1 Å². The van der Waals surface area contributed by atoms with Gasteiger partial charge in [-0.25, -0.2) is 4.79 Å². The molecule has 0 aromatic rings. The number of rotatable bonds is 12. The Morgan fingerprint density at radius 3 is 2.08 bits per heavy atom. The van der Waals surface area contributed by atoms with E-state index in [1.807, 2.05) is 20.8 Å². The molecule has 0 radical (unpaired) electrons. The van der Waals surface area contributed by atoms with E-state index in [9.17, 15) is 24.0 Å². The number of fused-ring (bicyclic) bond motifs is 1. The Hall–Kier alpha value is -2.73. The molecule has 1 unspecified atom stereocenters. The first-order valence-electron chi connectivity index (χ1n) is 20.7. The van der Waals surface area contributed by atoms with Crippen molar-refractivity contribution < 1.29 is 28.7 Å². The molecule has 6 fully saturated rings. The highest BCUT2D eigenvalue weighted by molar-refractivity contribution is 6.37. The third-order valence-electron chi connectivity index (χ3n) is 15.2. The number of nitrogens with zero attached hydrogens (tertiary/aromatic N) is 2. The predicted molar refractivity (Wildman–Crippen MR) is 202 cm³/mol. The SMILES string of the molecule is CC(C)(C)[C@H](NC(=O)N[C@H](CN1CCOCC1(C)C)C1CCCCC1)C(=O)N1C[C@]2(C[C@H]1C(=O)NC(CC1CCC1)C(=O)C(N)=O)C(C)(C)C21CCC1. The summed E-state index contributed by atoms with van der Waals surface area (Å²) in [6.45, 7) is 18.0. The number of Topliss-reactive ketones (excluding diaryl/α,β-unsaturated/α-hetero) is 1. The zero-order chi connectivity index (χ0) is 38.6. The molecule has 12 nitrogen and oxygen atoms in total. The Labute approximate surface area is 317 Å². The third kappa shape index (κ3) is 7.36. The van der Waals surface area contributed by atoms with Crippen LogP contribution in [0.1, 0.15) is 132 Å². The van der Waals surface area contributed by atoms with Crippen LogP contribution in [-0.4, -0.2) is 102 Å². The first-order valence-corrected chi connectivity index (χ1v) is 20.7. The van der Waals surface area contributed by atoms with Crippen LogP contribution in [0.3, 0.4) is 0 Å². The molecule has 4 aliphatic carbocycles. The maximum Gasteiger partial charge on any atom is 0.315 e. The van der Waals surface area contributed by atoms with Gasteiger partial charge >= 0.3 is 6.03 Å². The number of carbonyl (C=O) groups excluding carboxylic acids is 5. The minimum atomic E-state index is -1.06. The van der Waals surface area contributed by atoms with E-state index in [4.69, 9.17) is 10.5 Å². The molecule has 5 amide bonds. The number of amides is 5. The molecule has 6 aliphatic rings. The molecule has 298 valence electrons. The molecular weight excluding hydrogens is 672 g/mol. The lowest BCUT2D eigenvalue weighted by Crippen LogP contribution is -2.62. The highest BCUT2D eigenvalue weighted by atomic mass is 16.5. The molecular formula is C41H68N6O6. The van der Waals surface area contributed by atoms with Crippen LogP contribution < -0.4 is 21.7 Å². The van der Waals surface area contributed by atoms with Crippen LogP contribution in [0.15, 0.2) is 0 Å². The molecule has 2 saturated heterocycles. The van der Waals surface area contributed by atoms with E-state index in [1.165, 1.54) is 6.42 Å². The molecule has 2 spiro atoms. The quantitative estimate of drug-likeness (QED) is 0.217. The van der Waals surface area contributed by atoms with Gasteiger partial charge in [-0.15, -0.1) is 0 Å². The number of nitrogens with two attached hydrogens (primary N) is 1. The standard InChI is InChI=1S/C41H68N6O6/c1-37(2,3)32(45-36(52)44-29(27-15-9-8-10-16-27)23-46-19-20-53-25-38(46,4)5)35(51)47-24-41(39(6,7)40(41)17-12-18-40)22-30(47)34(50)43-28(31(48)33(42)49)21-26-13-11-14-26/h26-30,32H,8-25H2,1-7H3,(H2,42,49)(H,43,50)(H2,44,45,52)/t28?,29-,30+,32-,41-/m1/s1. The van der Waals surface area contributed by atoms with Crippen molar-refractivity contribution in [3.63, 3.8) is 0 Å². The van der Waals surface area contributed by atoms with Gasteiger partial charge in [-0.1, -0.05) is 79.6 Å². The lowest BCUT2D eigenvalue weighted by Gasteiger charge is -2.45. The average Bonchev–Trinajstić information content (AvgIpc) is 3.26. The van der Waals surface area contributed by atoms with Crippen molar-refractivity contribution in [3.8, 4) is 0 Å². The lowest BCUT2D eigenvalue weighted by molar-refractivity contribution is -0.143. The van der Waals surface area contributed by atoms with Gasteiger partial charge in [0.1, 0.15) is 12.1 Å². The first-order chi connectivity index (χ1) is 24.8. The van der Waals surface area contributed by atoms with Gasteiger partial charge in [0.2, 0.25) is 17.6 Å². The van der Waals surface area contributed by atoms with Crippen molar-refractivity contribution in [2.24, 2.45) is 39.2 Å². The van der Waals surface area contributed by atoms with Crippen LogP contribution in [0.4, 0.5) is 4.79 Å². The third-order valence-corrected chi connectivity index (χ3v) is 15.2. The molecule has 6 rings (SSSR count). The Morgan fingerprint density at radius 2 is 1.55 bits per heavy atom. The Balaban J connectivity index is 1.23. The fourth-order valence-corrected chi connectivity index (χ4v) is 11.3. The fourth-order valence-electron chi connectivity index (χ4n) is 11.3. The fraction of sp³-hybridized carbons (Fsp3) is 0.878. The molecule has 0 aromatic heterocycles. The minimum Gasteiger partial charge on any atom is -0.378 e.